The summed E-state index contributed by atoms with van der Waals surface area (Å²) >= 11 is 1.74. The lowest BCUT2D eigenvalue weighted by Gasteiger charge is -2.15. The van der Waals surface area contributed by atoms with Crippen molar-refractivity contribution in [3.8, 4) is 0 Å². The molecule has 0 aliphatic heterocycles. The summed E-state index contributed by atoms with van der Waals surface area (Å²) in [5.41, 5.74) is 8.40. The summed E-state index contributed by atoms with van der Waals surface area (Å²) in [6.07, 6.45) is 7.38. The van der Waals surface area contributed by atoms with Gasteiger partial charge in [-0.05, 0) is 37.3 Å². The third-order valence-corrected chi connectivity index (χ3v) is 4.00. The van der Waals surface area contributed by atoms with Crippen molar-refractivity contribution >= 4 is 17.6 Å². The van der Waals surface area contributed by atoms with Crippen molar-refractivity contribution in [2.45, 2.75) is 32.2 Å². The Bertz CT molecular complexity index is 370. The number of hydrogen-bond donors (Lipinski definition) is 2. The predicted octanol–water partition coefficient (Wildman–Crippen LogP) is 2.04. The third-order valence-electron chi connectivity index (χ3n) is 3.02. The van der Waals surface area contributed by atoms with E-state index in [9.17, 15) is 0 Å². The zero-order valence-electron chi connectivity index (χ0n) is 9.54. The van der Waals surface area contributed by atoms with Gasteiger partial charge in [0.1, 0.15) is 5.84 Å². The van der Waals surface area contributed by atoms with Crippen LogP contribution in [0.1, 0.15) is 24.1 Å². The molecule has 2 rings (SSSR count). The summed E-state index contributed by atoms with van der Waals surface area (Å²) in [6, 6.07) is 2.27. The Kier molecular flexibility index (Phi) is 3.93. The molecule has 0 bridgehead atoms. The Morgan fingerprint density at radius 2 is 2.25 bits per heavy atom. The minimum absolute atomic E-state index is 0.277. The Hall–Kier alpha value is -0.900. The first kappa shape index (κ1) is 11.6. The Labute approximate surface area is 101 Å². The molecule has 1 aromatic rings. The standard InChI is InChI=1S/C12H19N3S/c13-12(14)9-16-8-7-15-6-5-10-3-1-2-4-11(10)15/h5-6H,1-4,7-9H2,(H3,13,14). The summed E-state index contributed by atoms with van der Waals surface area (Å²) in [4.78, 5) is 0. The van der Waals surface area contributed by atoms with Crippen LogP contribution in [0.15, 0.2) is 12.3 Å². The van der Waals surface area contributed by atoms with E-state index in [0.717, 1.165) is 12.3 Å². The number of hydrogen-bond acceptors (Lipinski definition) is 2. The van der Waals surface area contributed by atoms with Gasteiger partial charge in [0.05, 0.1) is 5.75 Å². The van der Waals surface area contributed by atoms with Gasteiger partial charge in [-0.3, -0.25) is 5.41 Å². The summed E-state index contributed by atoms with van der Waals surface area (Å²) < 4.78 is 2.38. The maximum absolute atomic E-state index is 7.15. The van der Waals surface area contributed by atoms with E-state index in [1.807, 2.05) is 0 Å². The van der Waals surface area contributed by atoms with Crippen molar-refractivity contribution < 1.29 is 0 Å². The lowest BCUT2D eigenvalue weighted by Crippen LogP contribution is -2.14. The van der Waals surface area contributed by atoms with Crippen molar-refractivity contribution in [2.24, 2.45) is 5.73 Å². The zero-order chi connectivity index (χ0) is 11.4. The summed E-state index contributed by atoms with van der Waals surface area (Å²) in [5, 5.41) is 7.15. The summed E-state index contributed by atoms with van der Waals surface area (Å²) in [6.45, 7) is 1.05. The molecule has 0 radical (unpaired) electrons. The second kappa shape index (κ2) is 5.43. The highest BCUT2D eigenvalue weighted by Crippen LogP contribution is 2.22. The second-order valence-corrected chi connectivity index (χ2v) is 5.37. The summed E-state index contributed by atoms with van der Waals surface area (Å²) in [7, 11) is 0. The molecule has 1 aliphatic carbocycles. The second-order valence-electron chi connectivity index (χ2n) is 4.27. The number of fused-ring (bicyclic) bond motifs is 1. The van der Waals surface area contributed by atoms with E-state index in [0.29, 0.717) is 5.75 Å². The number of aryl methyl sites for hydroxylation is 2. The van der Waals surface area contributed by atoms with E-state index in [1.165, 1.54) is 31.4 Å². The Balaban J connectivity index is 1.85. The van der Waals surface area contributed by atoms with E-state index in [-0.39, 0.29) is 5.84 Å². The number of thioether (sulfide) groups is 1. The minimum Gasteiger partial charge on any atom is -0.387 e. The van der Waals surface area contributed by atoms with E-state index >= 15 is 0 Å². The fraction of sp³-hybridized carbons (Fsp3) is 0.583. The molecule has 1 aromatic heterocycles. The van der Waals surface area contributed by atoms with Crippen LogP contribution >= 0.6 is 11.8 Å². The van der Waals surface area contributed by atoms with Crippen molar-refractivity contribution in [3.05, 3.63) is 23.5 Å². The van der Waals surface area contributed by atoms with Crippen LogP contribution in [0.25, 0.3) is 0 Å². The fourth-order valence-corrected chi connectivity index (χ4v) is 2.93. The van der Waals surface area contributed by atoms with Crippen LogP contribution in [-0.4, -0.2) is 21.9 Å². The number of aromatic nitrogens is 1. The molecular weight excluding hydrogens is 218 g/mol. The molecule has 0 amide bonds. The molecular formula is C12H19N3S. The molecule has 0 saturated carbocycles. The Morgan fingerprint density at radius 1 is 1.44 bits per heavy atom. The highest BCUT2D eigenvalue weighted by Gasteiger charge is 2.12. The van der Waals surface area contributed by atoms with Crippen LogP contribution in [0.5, 0.6) is 0 Å². The van der Waals surface area contributed by atoms with Gasteiger partial charge in [-0.2, -0.15) is 11.8 Å². The smallest absolute Gasteiger partial charge is 0.101 e. The van der Waals surface area contributed by atoms with E-state index in [4.69, 9.17) is 11.1 Å². The zero-order valence-corrected chi connectivity index (χ0v) is 10.4. The van der Waals surface area contributed by atoms with Crippen molar-refractivity contribution in [1.29, 1.82) is 5.41 Å². The third kappa shape index (κ3) is 2.82. The molecule has 4 heteroatoms. The van der Waals surface area contributed by atoms with Gasteiger partial charge >= 0.3 is 0 Å². The average Bonchev–Trinajstić information content (AvgIpc) is 2.68. The van der Waals surface area contributed by atoms with Crippen LogP contribution in [0, 0.1) is 5.41 Å². The van der Waals surface area contributed by atoms with Gasteiger partial charge in [0.25, 0.3) is 0 Å². The normalized spacial score (nSPS) is 14.8. The average molecular weight is 237 g/mol. The molecule has 0 fully saturated rings. The molecule has 0 aromatic carbocycles. The van der Waals surface area contributed by atoms with Crippen LogP contribution < -0.4 is 5.73 Å². The molecule has 1 heterocycles. The SMILES string of the molecule is N=C(N)CSCCn1ccc2c1CCCC2. The molecule has 0 atom stereocenters. The van der Waals surface area contributed by atoms with Crippen LogP contribution in [0.2, 0.25) is 0 Å². The van der Waals surface area contributed by atoms with Gasteiger partial charge in [-0.25, -0.2) is 0 Å². The summed E-state index contributed by atoms with van der Waals surface area (Å²) in [5.74, 6) is 1.98. The number of nitrogens with two attached hydrogens (primary N) is 1. The van der Waals surface area contributed by atoms with Gasteiger partial charge < -0.3 is 10.3 Å². The van der Waals surface area contributed by atoms with Crippen molar-refractivity contribution in [3.63, 3.8) is 0 Å². The number of amidine groups is 1. The van der Waals surface area contributed by atoms with E-state index in [1.54, 1.807) is 17.3 Å². The Morgan fingerprint density at radius 3 is 3.06 bits per heavy atom. The number of nitrogens with one attached hydrogen (secondary N) is 1. The monoisotopic (exact) mass is 237 g/mol. The first-order valence-corrected chi connectivity index (χ1v) is 7.00. The highest BCUT2D eigenvalue weighted by atomic mass is 32.2. The lowest BCUT2D eigenvalue weighted by molar-refractivity contribution is 0.625. The maximum Gasteiger partial charge on any atom is 0.101 e. The quantitative estimate of drug-likeness (QED) is 0.468. The maximum atomic E-state index is 7.15. The van der Waals surface area contributed by atoms with Gasteiger partial charge in [-0.1, -0.05) is 0 Å². The molecule has 1 aliphatic rings. The minimum atomic E-state index is 0.277. The molecule has 0 spiro atoms. The van der Waals surface area contributed by atoms with Crippen LogP contribution in [-0.2, 0) is 19.4 Å². The predicted molar refractivity (Wildman–Crippen MR) is 70.3 cm³/mol. The number of nitrogens with zero attached hydrogens (tertiary/aromatic N) is 1. The molecule has 3 nitrogen and oxygen atoms in total. The van der Waals surface area contributed by atoms with E-state index < -0.39 is 0 Å². The largest absolute Gasteiger partial charge is 0.387 e. The van der Waals surface area contributed by atoms with Gasteiger partial charge in [0.2, 0.25) is 0 Å². The highest BCUT2D eigenvalue weighted by molar-refractivity contribution is 7.99. The topological polar surface area (TPSA) is 54.8 Å². The number of rotatable bonds is 5. The molecule has 16 heavy (non-hydrogen) atoms. The van der Waals surface area contributed by atoms with E-state index in [2.05, 4.69) is 16.8 Å². The van der Waals surface area contributed by atoms with Crippen LogP contribution in [0.3, 0.4) is 0 Å². The first-order valence-electron chi connectivity index (χ1n) is 5.85. The van der Waals surface area contributed by atoms with Crippen LogP contribution in [0.4, 0.5) is 0 Å². The molecule has 0 unspecified atom stereocenters. The molecule has 0 saturated heterocycles. The van der Waals surface area contributed by atoms with Gasteiger partial charge in [-0.15, -0.1) is 0 Å². The van der Waals surface area contributed by atoms with Crippen molar-refractivity contribution in [1.82, 2.24) is 4.57 Å². The van der Waals surface area contributed by atoms with Crippen molar-refractivity contribution in [2.75, 3.05) is 11.5 Å². The molecule has 88 valence electrons. The molecule has 3 N–H and O–H groups in total. The lowest BCUT2D eigenvalue weighted by atomic mass is 9.98. The van der Waals surface area contributed by atoms with Gasteiger partial charge in [0.15, 0.2) is 0 Å². The van der Waals surface area contributed by atoms with Gasteiger partial charge in [0, 0.05) is 24.2 Å². The fourth-order valence-electron chi connectivity index (χ4n) is 2.24. The first-order chi connectivity index (χ1) is 7.77.